The first-order valence-corrected chi connectivity index (χ1v) is 6.34. The summed E-state index contributed by atoms with van der Waals surface area (Å²) in [6.07, 6.45) is 0.876. The molecule has 0 amide bonds. The lowest BCUT2D eigenvalue weighted by atomic mass is 10.1. The molecule has 0 saturated heterocycles. The SMILES string of the molecule is CCc1ccccc1OC(CN)c1ccccc1. The van der Waals surface area contributed by atoms with Crippen molar-refractivity contribution >= 4 is 0 Å². The van der Waals surface area contributed by atoms with E-state index in [2.05, 4.69) is 13.0 Å². The molecule has 2 rings (SSSR count). The third kappa shape index (κ3) is 2.90. The predicted octanol–water partition coefficient (Wildman–Crippen LogP) is 3.33. The third-order valence-corrected chi connectivity index (χ3v) is 3.01. The maximum Gasteiger partial charge on any atom is 0.136 e. The van der Waals surface area contributed by atoms with Crippen LogP contribution in [0.2, 0.25) is 0 Å². The van der Waals surface area contributed by atoms with E-state index in [1.165, 1.54) is 5.56 Å². The van der Waals surface area contributed by atoms with E-state index in [0.717, 1.165) is 17.7 Å². The minimum Gasteiger partial charge on any atom is -0.484 e. The van der Waals surface area contributed by atoms with Crippen LogP contribution in [0.5, 0.6) is 5.75 Å². The van der Waals surface area contributed by atoms with Crippen LogP contribution in [0.3, 0.4) is 0 Å². The van der Waals surface area contributed by atoms with Gasteiger partial charge in [0.2, 0.25) is 0 Å². The number of ether oxygens (including phenoxy) is 1. The van der Waals surface area contributed by atoms with Gasteiger partial charge in [-0.05, 0) is 23.6 Å². The van der Waals surface area contributed by atoms with Crippen molar-refractivity contribution in [1.82, 2.24) is 0 Å². The Hall–Kier alpha value is -1.80. The number of aryl methyl sites for hydroxylation is 1. The van der Waals surface area contributed by atoms with Crippen molar-refractivity contribution in [3.05, 3.63) is 65.7 Å². The highest BCUT2D eigenvalue weighted by Crippen LogP contribution is 2.25. The Balaban J connectivity index is 2.21. The second-order valence-corrected chi connectivity index (χ2v) is 4.21. The minimum atomic E-state index is -0.0844. The van der Waals surface area contributed by atoms with Crippen molar-refractivity contribution in [1.29, 1.82) is 0 Å². The van der Waals surface area contributed by atoms with E-state index in [4.69, 9.17) is 10.5 Å². The first kappa shape index (κ1) is 12.7. The molecule has 2 nitrogen and oxygen atoms in total. The largest absolute Gasteiger partial charge is 0.484 e. The molecule has 2 N–H and O–H groups in total. The van der Waals surface area contributed by atoms with Gasteiger partial charge in [0.15, 0.2) is 0 Å². The summed E-state index contributed by atoms with van der Waals surface area (Å²) >= 11 is 0. The van der Waals surface area contributed by atoms with Crippen molar-refractivity contribution in [2.75, 3.05) is 6.54 Å². The third-order valence-electron chi connectivity index (χ3n) is 3.01. The molecule has 2 heteroatoms. The number of hydrogen-bond donors (Lipinski definition) is 1. The average Bonchev–Trinajstić information content (AvgIpc) is 2.46. The van der Waals surface area contributed by atoms with Crippen molar-refractivity contribution in [3.8, 4) is 5.75 Å². The summed E-state index contributed by atoms with van der Waals surface area (Å²) < 4.78 is 6.05. The fraction of sp³-hybridized carbons (Fsp3) is 0.250. The van der Waals surface area contributed by atoms with E-state index in [9.17, 15) is 0 Å². The second kappa shape index (κ2) is 6.22. The Morgan fingerprint density at radius 1 is 1.00 bits per heavy atom. The highest BCUT2D eigenvalue weighted by molar-refractivity contribution is 5.34. The Kier molecular flexibility index (Phi) is 4.37. The lowest BCUT2D eigenvalue weighted by molar-refractivity contribution is 0.212. The average molecular weight is 241 g/mol. The van der Waals surface area contributed by atoms with Crippen LogP contribution >= 0.6 is 0 Å². The Morgan fingerprint density at radius 3 is 2.33 bits per heavy atom. The lowest BCUT2D eigenvalue weighted by Gasteiger charge is -2.19. The molecule has 2 aromatic carbocycles. The zero-order valence-corrected chi connectivity index (χ0v) is 10.7. The molecular weight excluding hydrogens is 222 g/mol. The van der Waals surface area contributed by atoms with Crippen LogP contribution in [0.15, 0.2) is 54.6 Å². The van der Waals surface area contributed by atoms with E-state index in [1.807, 2.05) is 48.5 Å². The second-order valence-electron chi connectivity index (χ2n) is 4.21. The summed E-state index contributed by atoms with van der Waals surface area (Å²) in [5, 5.41) is 0. The number of para-hydroxylation sites is 1. The Bertz CT molecular complexity index is 481. The summed E-state index contributed by atoms with van der Waals surface area (Å²) in [4.78, 5) is 0. The van der Waals surface area contributed by atoms with Gasteiger partial charge in [-0.3, -0.25) is 0 Å². The Labute approximate surface area is 108 Å². The van der Waals surface area contributed by atoms with Crippen LogP contribution in [0.1, 0.15) is 24.2 Å². The maximum atomic E-state index is 6.05. The summed E-state index contributed by atoms with van der Waals surface area (Å²) in [5.74, 6) is 0.930. The molecule has 1 atom stereocenters. The van der Waals surface area contributed by atoms with Crippen LogP contribution in [0, 0.1) is 0 Å². The maximum absolute atomic E-state index is 6.05. The normalized spacial score (nSPS) is 12.1. The fourth-order valence-electron chi connectivity index (χ4n) is 1.98. The van der Waals surface area contributed by atoms with Gasteiger partial charge >= 0.3 is 0 Å². The summed E-state index contributed by atoms with van der Waals surface area (Å²) in [6.45, 7) is 2.60. The predicted molar refractivity (Wildman–Crippen MR) is 74.7 cm³/mol. The molecule has 0 aliphatic heterocycles. The van der Waals surface area contributed by atoms with E-state index in [0.29, 0.717) is 6.54 Å². The van der Waals surface area contributed by atoms with Crippen LogP contribution in [-0.4, -0.2) is 6.54 Å². The van der Waals surface area contributed by atoms with Gasteiger partial charge in [0.05, 0.1) is 0 Å². The van der Waals surface area contributed by atoms with Crippen molar-refractivity contribution in [2.45, 2.75) is 19.4 Å². The summed E-state index contributed by atoms with van der Waals surface area (Å²) in [6, 6.07) is 18.2. The molecule has 0 aromatic heterocycles. The highest BCUT2D eigenvalue weighted by Gasteiger charge is 2.12. The molecule has 2 aromatic rings. The first-order chi connectivity index (χ1) is 8.85. The molecule has 0 fully saturated rings. The van der Waals surface area contributed by atoms with Gasteiger partial charge in [-0.2, -0.15) is 0 Å². The molecule has 0 heterocycles. The zero-order valence-electron chi connectivity index (χ0n) is 10.7. The summed E-state index contributed by atoms with van der Waals surface area (Å²) in [7, 11) is 0. The molecule has 0 saturated carbocycles. The number of rotatable bonds is 5. The fourth-order valence-corrected chi connectivity index (χ4v) is 1.98. The van der Waals surface area contributed by atoms with Crippen molar-refractivity contribution in [3.63, 3.8) is 0 Å². The van der Waals surface area contributed by atoms with Gasteiger partial charge in [0, 0.05) is 6.54 Å². The monoisotopic (exact) mass is 241 g/mol. The lowest BCUT2D eigenvalue weighted by Crippen LogP contribution is -2.18. The molecule has 1 unspecified atom stereocenters. The smallest absolute Gasteiger partial charge is 0.136 e. The van der Waals surface area contributed by atoms with E-state index in [-0.39, 0.29) is 6.10 Å². The van der Waals surface area contributed by atoms with E-state index in [1.54, 1.807) is 0 Å². The number of benzene rings is 2. The minimum absolute atomic E-state index is 0.0844. The van der Waals surface area contributed by atoms with Gasteiger partial charge in [0.1, 0.15) is 11.9 Å². The van der Waals surface area contributed by atoms with Gasteiger partial charge in [-0.1, -0.05) is 55.5 Å². The molecular formula is C16H19NO. The van der Waals surface area contributed by atoms with Gasteiger partial charge in [-0.25, -0.2) is 0 Å². The number of hydrogen-bond acceptors (Lipinski definition) is 2. The molecule has 94 valence electrons. The van der Waals surface area contributed by atoms with Crippen LogP contribution in [-0.2, 0) is 6.42 Å². The molecule has 0 spiro atoms. The summed E-state index contributed by atoms with van der Waals surface area (Å²) in [5.41, 5.74) is 8.15. The number of nitrogens with two attached hydrogens (primary N) is 1. The Morgan fingerprint density at radius 2 is 1.67 bits per heavy atom. The highest BCUT2D eigenvalue weighted by atomic mass is 16.5. The van der Waals surface area contributed by atoms with Gasteiger partial charge in [0.25, 0.3) is 0 Å². The van der Waals surface area contributed by atoms with E-state index < -0.39 is 0 Å². The van der Waals surface area contributed by atoms with E-state index >= 15 is 0 Å². The standard InChI is InChI=1S/C16H19NO/c1-2-13-8-6-7-11-15(13)18-16(12-17)14-9-4-3-5-10-14/h3-11,16H,2,12,17H2,1H3. The molecule has 0 aliphatic carbocycles. The quantitative estimate of drug-likeness (QED) is 0.871. The van der Waals surface area contributed by atoms with Gasteiger partial charge in [-0.15, -0.1) is 0 Å². The molecule has 18 heavy (non-hydrogen) atoms. The van der Waals surface area contributed by atoms with Gasteiger partial charge < -0.3 is 10.5 Å². The van der Waals surface area contributed by atoms with Crippen molar-refractivity contribution in [2.24, 2.45) is 5.73 Å². The van der Waals surface area contributed by atoms with Crippen molar-refractivity contribution < 1.29 is 4.74 Å². The van der Waals surface area contributed by atoms with Crippen LogP contribution in [0.4, 0.5) is 0 Å². The van der Waals surface area contributed by atoms with Crippen LogP contribution < -0.4 is 10.5 Å². The molecule has 0 radical (unpaired) electrons. The first-order valence-electron chi connectivity index (χ1n) is 6.34. The molecule has 0 bridgehead atoms. The topological polar surface area (TPSA) is 35.2 Å². The van der Waals surface area contributed by atoms with Crippen LogP contribution in [0.25, 0.3) is 0 Å². The zero-order chi connectivity index (χ0) is 12.8. The molecule has 0 aliphatic rings.